The van der Waals surface area contributed by atoms with Gasteiger partial charge in [0, 0.05) is 0 Å². The van der Waals surface area contributed by atoms with Gasteiger partial charge in [0.15, 0.2) is 0 Å². The molecular formula is C17H13N3O4. The Morgan fingerprint density at radius 3 is 2.21 bits per heavy atom. The molecule has 120 valence electrons. The minimum atomic E-state index is -0.775. The van der Waals surface area contributed by atoms with Crippen LogP contribution in [-0.4, -0.2) is 19.9 Å². The van der Waals surface area contributed by atoms with Gasteiger partial charge in [-0.05, 0) is 24.3 Å². The summed E-state index contributed by atoms with van der Waals surface area (Å²) >= 11 is 0. The number of esters is 1. The molecule has 7 nitrogen and oxygen atoms in total. The number of fused-ring (bicyclic) bond motifs is 1. The first kappa shape index (κ1) is 14.3. The lowest BCUT2D eigenvalue weighted by Crippen LogP contribution is -2.45. The normalized spacial score (nSPS) is 15.4. The first-order valence-corrected chi connectivity index (χ1v) is 7.42. The van der Waals surface area contributed by atoms with Gasteiger partial charge in [-0.15, -0.1) is 0 Å². The number of carbonyl (C=O) groups is 1. The van der Waals surface area contributed by atoms with Crippen LogP contribution in [-0.2, 0) is 11.3 Å². The molecule has 1 aliphatic rings. The molecule has 0 saturated heterocycles. The summed E-state index contributed by atoms with van der Waals surface area (Å²) in [5.74, 6) is -0.529. The van der Waals surface area contributed by atoms with Crippen molar-refractivity contribution >= 4 is 5.97 Å². The number of para-hydroxylation sites is 1. The first-order chi connectivity index (χ1) is 11.7. The molecule has 0 bridgehead atoms. The standard InChI is InChI=1S/C17H13N3O4/c21-15(12-7-3-1-4-8-12)24-14-11-18-16(22)19(17(23)20(14)18)13-9-5-2-6-10-13/h1-10,14H,11H2. The SMILES string of the molecule is O=C(OC1Cn2c(=O)n(-c3ccccc3)c(=O)n21)c1ccccc1. The Kier molecular flexibility index (Phi) is 3.19. The first-order valence-electron chi connectivity index (χ1n) is 7.42. The zero-order chi connectivity index (χ0) is 16.7. The molecule has 0 N–H and O–H groups in total. The van der Waals surface area contributed by atoms with Crippen molar-refractivity contribution in [3.63, 3.8) is 0 Å². The van der Waals surface area contributed by atoms with Crippen LogP contribution < -0.4 is 11.4 Å². The highest BCUT2D eigenvalue weighted by molar-refractivity contribution is 5.89. The lowest BCUT2D eigenvalue weighted by molar-refractivity contribution is -0.0495. The number of nitrogens with zero attached hydrogens (tertiary/aromatic N) is 3. The minimum absolute atomic E-state index is 0.159. The molecule has 1 aromatic heterocycles. The van der Waals surface area contributed by atoms with Gasteiger partial charge in [0.25, 0.3) is 0 Å². The van der Waals surface area contributed by atoms with E-state index in [-0.39, 0.29) is 6.54 Å². The summed E-state index contributed by atoms with van der Waals surface area (Å²) in [6.07, 6.45) is -0.775. The number of carbonyl (C=O) groups excluding carboxylic acids is 1. The second kappa shape index (κ2) is 5.38. The van der Waals surface area contributed by atoms with Crippen LogP contribution >= 0.6 is 0 Å². The number of ether oxygens (including phenoxy) is 1. The number of benzene rings is 2. The molecule has 4 rings (SSSR count). The third kappa shape index (κ3) is 2.10. The second-order valence-electron chi connectivity index (χ2n) is 5.39. The van der Waals surface area contributed by atoms with Crippen LogP contribution in [0.3, 0.4) is 0 Å². The van der Waals surface area contributed by atoms with Crippen LogP contribution in [0.5, 0.6) is 0 Å². The van der Waals surface area contributed by atoms with Crippen molar-refractivity contribution in [3.8, 4) is 5.69 Å². The van der Waals surface area contributed by atoms with Gasteiger partial charge in [0.1, 0.15) is 6.54 Å². The lowest BCUT2D eigenvalue weighted by atomic mass is 10.2. The fraction of sp³-hybridized carbons (Fsp3) is 0.118. The Morgan fingerprint density at radius 2 is 1.54 bits per heavy atom. The number of aromatic nitrogens is 3. The Balaban J connectivity index is 1.66. The molecule has 3 aromatic rings. The molecule has 0 radical (unpaired) electrons. The third-order valence-electron chi connectivity index (χ3n) is 3.93. The highest BCUT2D eigenvalue weighted by Crippen LogP contribution is 2.19. The maximum atomic E-state index is 12.5. The largest absolute Gasteiger partial charge is 0.434 e. The van der Waals surface area contributed by atoms with Crippen molar-refractivity contribution in [3.05, 3.63) is 87.2 Å². The Labute approximate surface area is 135 Å². The van der Waals surface area contributed by atoms with Crippen LogP contribution in [0.4, 0.5) is 0 Å². The van der Waals surface area contributed by atoms with E-state index in [0.717, 1.165) is 9.25 Å². The molecule has 1 unspecified atom stereocenters. The van der Waals surface area contributed by atoms with Crippen LogP contribution in [0.1, 0.15) is 16.6 Å². The van der Waals surface area contributed by atoms with E-state index in [1.165, 1.54) is 4.68 Å². The van der Waals surface area contributed by atoms with E-state index < -0.39 is 23.6 Å². The van der Waals surface area contributed by atoms with Crippen molar-refractivity contribution in [1.29, 1.82) is 0 Å². The predicted molar refractivity (Wildman–Crippen MR) is 85.2 cm³/mol. The molecule has 2 aromatic carbocycles. The highest BCUT2D eigenvalue weighted by Gasteiger charge is 2.35. The van der Waals surface area contributed by atoms with E-state index in [9.17, 15) is 14.4 Å². The fourth-order valence-corrected chi connectivity index (χ4v) is 2.72. The van der Waals surface area contributed by atoms with E-state index in [1.807, 2.05) is 0 Å². The molecule has 1 atom stereocenters. The number of hydrogen-bond donors (Lipinski definition) is 0. The van der Waals surface area contributed by atoms with E-state index in [1.54, 1.807) is 60.7 Å². The molecule has 24 heavy (non-hydrogen) atoms. The zero-order valence-corrected chi connectivity index (χ0v) is 12.5. The van der Waals surface area contributed by atoms with Crippen LogP contribution in [0.2, 0.25) is 0 Å². The van der Waals surface area contributed by atoms with Gasteiger partial charge in [-0.2, -0.15) is 4.68 Å². The van der Waals surface area contributed by atoms with E-state index in [2.05, 4.69) is 0 Å². The van der Waals surface area contributed by atoms with Gasteiger partial charge in [0.2, 0.25) is 6.23 Å². The summed E-state index contributed by atoms with van der Waals surface area (Å²) in [6, 6.07) is 17.1. The molecule has 7 heteroatoms. The van der Waals surface area contributed by atoms with Gasteiger partial charge in [0.05, 0.1) is 11.3 Å². The van der Waals surface area contributed by atoms with Crippen LogP contribution in [0.15, 0.2) is 70.3 Å². The summed E-state index contributed by atoms with van der Waals surface area (Å²) < 4.78 is 8.83. The average Bonchev–Trinajstić information content (AvgIpc) is 2.79. The molecule has 0 aliphatic carbocycles. The average molecular weight is 323 g/mol. The highest BCUT2D eigenvalue weighted by atomic mass is 16.6. The Hall–Kier alpha value is -3.35. The van der Waals surface area contributed by atoms with Crippen LogP contribution in [0.25, 0.3) is 5.69 Å². The van der Waals surface area contributed by atoms with Crippen molar-refractivity contribution in [2.24, 2.45) is 0 Å². The van der Waals surface area contributed by atoms with Crippen molar-refractivity contribution < 1.29 is 9.53 Å². The fourth-order valence-electron chi connectivity index (χ4n) is 2.72. The van der Waals surface area contributed by atoms with Gasteiger partial charge < -0.3 is 4.74 Å². The monoisotopic (exact) mass is 323 g/mol. The lowest BCUT2D eigenvalue weighted by Gasteiger charge is -2.28. The number of rotatable bonds is 3. The van der Waals surface area contributed by atoms with Gasteiger partial charge in [-0.1, -0.05) is 36.4 Å². The van der Waals surface area contributed by atoms with Gasteiger partial charge >= 0.3 is 17.3 Å². The summed E-state index contributed by atoms with van der Waals surface area (Å²) in [5, 5.41) is 0. The summed E-state index contributed by atoms with van der Waals surface area (Å²) in [6.45, 7) is 0.159. The Morgan fingerprint density at radius 1 is 0.917 bits per heavy atom. The predicted octanol–water partition coefficient (Wildman–Crippen LogP) is 1.17. The smallest absolute Gasteiger partial charge is 0.355 e. The second-order valence-corrected chi connectivity index (χ2v) is 5.39. The van der Waals surface area contributed by atoms with Crippen LogP contribution in [0, 0.1) is 0 Å². The molecular weight excluding hydrogens is 310 g/mol. The van der Waals surface area contributed by atoms with Crippen molar-refractivity contribution in [2.75, 3.05) is 0 Å². The van der Waals surface area contributed by atoms with E-state index >= 15 is 0 Å². The van der Waals surface area contributed by atoms with Crippen molar-refractivity contribution in [1.82, 2.24) is 13.9 Å². The van der Waals surface area contributed by atoms with Gasteiger partial charge in [-0.25, -0.2) is 23.6 Å². The topological polar surface area (TPSA) is 75.2 Å². The number of hydrogen-bond acceptors (Lipinski definition) is 4. The maximum absolute atomic E-state index is 12.5. The maximum Gasteiger partial charge on any atom is 0.355 e. The molecule has 0 spiro atoms. The summed E-state index contributed by atoms with van der Waals surface area (Å²) in [5.41, 5.74) is -0.0922. The summed E-state index contributed by atoms with van der Waals surface area (Å²) in [7, 11) is 0. The zero-order valence-electron chi connectivity index (χ0n) is 12.5. The van der Waals surface area contributed by atoms with Crippen molar-refractivity contribution in [2.45, 2.75) is 12.8 Å². The van der Waals surface area contributed by atoms with E-state index in [4.69, 9.17) is 4.74 Å². The van der Waals surface area contributed by atoms with Gasteiger partial charge in [-0.3, -0.25) is 0 Å². The summed E-state index contributed by atoms with van der Waals surface area (Å²) in [4.78, 5) is 36.9. The molecule has 0 fully saturated rings. The molecule has 1 aliphatic heterocycles. The quantitative estimate of drug-likeness (QED) is 0.678. The third-order valence-corrected chi connectivity index (χ3v) is 3.93. The Bertz CT molecular complexity index is 1020. The molecule has 0 saturated carbocycles. The molecule has 0 amide bonds. The molecule has 2 heterocycles. The van der Waals surface area contributed by atoms with E-state index in [0.29, 0.717) is 11.3 Å². The minimum Gasteiger partial charge on any atom is -0.434 e.